The Morgan fingerprint density at radius 2 is 1.82 bits per heavy atom. The minimum Gasteiger partial charge on any atom is -0.490 e. The topological polar surface area (TPSA) is 111 Å². The molecule has 0 aromatic heterocycles. The van der Waals surface area contributed by atoms with Gasteiger partial charge in [0, 0.05) is 24.7 Å². The van der Waals surface area contributed by atoms with E-state index in [9.17, 15) is 24.1 Å². The molecule has 0 heterocycles. The van der Waals surface area contributed by atoms with E-state index >= 15 is 0 Å². The molecular formula is C24H30FN3O6. The molecule has 34 heavy (non-hydrogen) atoms. The van der Waals surface area contributed by atoms with Crippen molar-refractivity contribution in [1.82, 2.24) is 10.2 Å². The third kappa shape index (κ3) is 7.16. The molecule has 2 rings (SSSR count). The van der Waals surface area contributed by atoms with Crippen LogP contribution in [0, 0.1) is 15.9 Å². The molecule has 0 fully saturated rings. The van der Waals surface area contributed by atoms with E-state index in [1.807, 2.05) is 13.8 Å². The molecule has 0 aliphatic heterocycles. The predicted molar refractivity (Wildman–Crippen MR) is 124 cm³/mol. The molecule has 2 aromatic carbocycles. The molecular weight excluding hydrogens is 445 g/mol. The summed E-state index contributed by atoms with van der Waals surface area (Å²) in [4.78, 5) is 38.0. The van der Waals surface area contributed by atoms with Gasteiger partial charge in [0.15, 0.2) is 6.61 Å². The Bertz CT molecular complexity index is 999. The molecule has 0 saturated carbocycles. The minimum absolute atomic E-state index is 0.00233. The van der Waals surface area contributed by atoms with E-state index in [1.54, 1.807) is 19.1 Å². The maximum Gasteiger partial charge on any atom is 0.311 e. The van der Waals surface area contributed by atoms with Gasteiger partial charge in [0.25, 0.3) is 5.91 Å². The summed E-state index contributed by atoms with van der Waals surface area (Å²) in [5, 5.41) is 14.0. The number of amides is 2. The zero-order valence-electron chi connectivity index (χ0n) is 19.7. The summed E-state index contributed by atoms with van der Waals surface area (Å²) in [6, 6.07) is 8.77. The molecule has 0 aliphatic carbocycles. The van der Waals surface area contributed by atoms with Crippen molar-refractivity contribution < 1.29 is 28.4 Å². The monoisotopic (exact) mass is 475 g/mol. The van der Waals surface area contributed by atoms with E-state index in [4.69, 9.17) is 9.47 Å². The predicted octanol–water partition coefficient (Wildman–Crippen LogP) is 3.84. The van der Waals surface area contributed by atoms with Crippen molar-refractivity contribution in [2.24, 2.45) is 0 Å². The Labute approximate surface area is 198 Å². The number of methoxy groups -OCH3 is 1. The summed E-state index contributed by atoms with van der Waals surface area (Å²) in [7, 11) is 1.30. The van der Waals surface area contributed by atoms with E-state index in [-0.39, 0.29) is 35.7 Å². The molecule has 0 aliphatic rings. The average molecular weight is 476 g/mol. The van der Waals surface area contributed by atoms with E-state index in [0.29, 0.717) is 12.0 Å². The van der Waals surface area contributed by atoms with Crippen molar-refractivity contribution in [3.05, 3.63) is 64.0 Å². The lowest BCUT2D eigenvalue weighted by atomic mass is 10.1. The summed E-state index contributed by atoms with van der Waals surface area (Å²) < 4.78 is 23.9. The number of nitrogens with zero attached hydrogens (tertiary/aromatic N) is 2. The first-order valence-electron chi connectivity index (χ1n) is 11.0. The molecule has 10 heteroatoms. The summed E-state index contributed by atoms with van der Waals surface area (Å²) in [5.74, 6) is -0.956. The summed E-state index contributed by atoms with van der Waals surface area (Å²) in [6.45, 7) is 5.29. The summed E-state index contributed by atoms with van der Waals surface area (Å²) in [6.07, 6.45) is 1.10. The van der Waals surface area contributed by atoms with Crippen LogP contribution in [0.1, 0.15) is 39.2 Å². The van der Waals surface area contributed by atoms with Crippen molar-refractivity contribution in [2.45, 2.75) is 52.2 Å². The van der Waals surface area contributed by atoms with Gasteiger partial charge in [-0.1, -0.05) is 26.0 Å². The molecule has 2 atom stereocenters. The van der Waals surface area contributed by atoms with Crippen LogP contribution >= 0.6 is 0 Å². The minimum atomic E-state index is -0.762. The molecule has 9 nitrogen and oxygen atoms in total. The highest BCUT2D eigenvalue weighted by atomic mass is 19.1. The Hall–Kier alpha value is -3.69. The Morgan fingerprint density at radius 1 is 1.15 bits per heavy atom. The van der Waals surface area contributed by atoms with Gasteiger partial charge in [-0.3, -0.25) is 19.7 Å². The van der Waals surface area contributed by atoms with Crippen LogP contribution in [0.4, 0.5) is 10.1 Å². The van der Waals surface area contributed by atoms with Crippen LogP contribution in [0.3, 0.4) is 0 Å². The third-order valence-electron chi connectivity index (χ3n) is 5.36. The molecule has 0 bridgehead atoms. The van der Waals surface area contributed by atoms with Crippen molar-refractivity contribution in [1.29, 1.82) is 0 Å². The molecule has 0 radical (unpaired) electrons. The second kappa shape index (κ2) is 12.5. The number of ether oxygens (including phenoxy) is 2. The van der Waals surface area contributed by atoms with Gasteiger partial charge in [-0.2, -0.15) is 0 Å². The van der Waals surface area contributed by atoms with Crippen LogP contribution in [0.15, 0.2) is 42.5 Å². The highest BCUT2D eigenvalue weighted by Gasteiger charge is 2.29. The lowest BCUT2D eigenvalue weighted by Gasteiger charge is -2.31. The van der Waals surface area contributed by atoms with Crippen LogP contribution in [0.2, 0.25) is 0 Å². The maximum atomic E-state index is 13.3. The first-order chi connectivity index (χ1) is 16.2. The fourth-order valence-corrected chi connectivity index (χ4v) is 3.27. The lowest BCUT2D eigenvalue weighted by molar-refractivity contribution is -0.385. The standard InChI is InChI=1S/C24H30FN3O6/c1-5-16(3)26-24(30)20(6-2)27(14-17-7-9-18(25)10-8-17)23(29)15-34-19-11-12-21(28(31)32)22(13-19)33-4/h7-13,16,20H,5-6,14-15H2,1-4H3,(H,26,30)/t16-,20+/m0/s1. The Balaban J connectivity index is 2.24. The zero-order valence-corrected chi connectivity index (χ0v) is 19.7. The number of rotatable bonds is 12. The highest BCUT2D eigenvalue weighted by Crippen LogP contribution is 2.30. The van der Waals surface area contributed by atoms with E-state index in [2.05, 4.69) is 5.32 Å². The van der Waals surface area contributed by atoms with Crippen LogP contribution in [0.5, 0.6) is 11.5 Å². The first kappa shape index (κ1) is 26.6. The van der Waals surface area contributed by atoms with Gasteiger partial charge in [0.1, 0.15) is 17.6 Å². The van der Waals surface area contributed by atoms with Gasteiger partial charge in [0.05, 0.1) is 12.0 Å². The van der Waals surface area contributed by atoms with Gasteiger partial charge in [0.2, 0.25) is 11.7 Å². The fourth-order valence-electron chi connectivity index (χ4n) is 3.27. The second-order valence-corrected chi connectivity index (χ2v) is 7.77. The van der Waals surface area contributed by atoms with Gasteiger partial charge in [-0.15, -0.1) is 0 Å². The number of halogens is 1. The number of nitro groups is 1. The number of hydrogen-bond acceptors (Lipinski definition) is 6. The van der Waals surface area contributed by atoms with E-state index in [0.717, 1.165) is 6.42 Å². The number of nitro benzene ring substituents is 1. The zero-order chi connectivity index (χ0) is 25.3. The third-order valence-corrected chi connectivity index (χ3v) is 5.36. The van der Waals surface area contributed by atoms with Crippen LogP contribution in [-0.4, -0.2) is 47.4 Å². The van der Waals surface area contributed by atoms with Gasteiger partial charge in [-0.05, 0) is 43.5 Å². The average Bonchev–Trinajstić information content (AvgIpc) is 2.83. The molecule has 2 amide bonds. The molecule has 1 N–H and O–H groups in total. The normalized spacial score (nSPS) is 12.4. The Morgan fingerprint density at radius 3 is 2.38 bits per heavy atom. The van der Waals surface area contributed by atoms with Crippen LogP contribution in [0.25, 0.3) is 0 Å². The molecule has 0 unspecified atom stereocenters. The van der Waals surface area contributed by atoms with Crippen molar-refractivity contribution in [3.8, 4) is 11.5 Å². The lowest BCUT2D eigenvalue weighted by Crippen LogP contribution is -2.51. The van der Waals surface area contributed by atoms with Crippen molar-refractivity contribution in [2.75, 3.05) is 13.7 Å². The fraction of sp³-hybridized carbons (Fsp3) is 0.417. The van der Waals surface area contributed by atoms with Crippen LogP contribution < -0.4 is 14.8 Å². The van der Waals surface area contributed by atoms with E-state index < -0.39 is 29.3 Å². The maximum absolute atomic E-state index is 13.3. The van der Waals surface area contributed by atoms with Crippen molar-refractivity contribution in [3.63, 3.8) is 0 Å². The number of carbonyl (C=O) groups excluding carboxylic acids is 2. The number of hydrogen-bond donors (Lipinski definition) is 1. The van der Waals surface area contributed by atoms with E-state index in [1.165, 1.54) is 42.3 Å². The number of nitrogens with one attached hydrogen (secondary N) is 1. The summed E-state index contributed by atoms with van der Waals surface area (Å²) in [5.41, 5.74) is 0.424. The van der Waals surface area contributed by atoms with Crippen LogP contribution in [-0.2, 0) is 16.1 Å². The first-order valence-corrected chi connectivity index (χ1v) is 11.0. The highest BCUT2D eigenvalue weighted by molar-refractivity contribution is 5.88. The molecule has 0 saturated heterocycles. The molecule has 2 aromatic rings. The smallest absolute Gasteiger partial charge is 0.311 e. The quantitative estimate of drug-likeness (QED) is 0.369. The molecule has 0 spiro atoms. The summed E-state index contributed by atoms with van der Waals surface area (Å²) >= 11 is 0. The molecule has 184 valence electrons. The van der Waals surface area contributed by atoms with Gasteiger partial charge < -0.3 is 19.7 Å². The largest absolute Gasteiger partial charge is 0.490 e. The Kier molecular flexibility index (Phi) is 9.78. The van der Waals surface area contributed by atoms with Gasteiger partial charge in [-0.25, -0.2) is 4.39 Å². The number of carbonyl (C=O) groups is 2. The van der Waals surface area contributed by atoms with Crippen molar-refractivity contribution >= 4 is 17.5 Å². The second-order valence-electron chi connectivity index (χ2n) is 7.77. The van der Waals surface area contributed by atoms with Gasteiger partial charge >= 0.3 is 5.69 Å². The number of benzene rings is 2. The SMILES string of the molecule is CC[C@H](C(=O)N[C@@H](C)CC)N(Cc1ccc(F)cc1)C(=O)COc1ccc([N+](=O)[O-])c(OC)c1.